The van der Waals surface area contributed by atoms with E-state index in [1.165, 1.54) is 6.33 Å². The largest absolute Gasteiger partial charge is 0.481 e. The van der Waals surface area contributed by atoms with Crippen LogP contribution in [0.3, 0.4) is 0 Å². The Kier molecular flexibility index (Phi) is 6.49. The van der Waals surface area contributed by atoms with Gasteiger partial charge in [0.25, 0.3) is 0 Å². The van der Waals surface area contributed by atoms with Crippen molar-refractivity contribution in [2.75, 3.05) is 24.5 Å². The number of piperidine rings is 1. The molecule has 0 aliphatic carbocycles. The molecular weight excluding hydrogens is 414 g/mol. The van der Waals surface area contributed by atoms with Gasteiger partial charge in [-0.3, -0.25) is 9.79 Å². The molecular formula is C26H27N5O2. The third-order valence-corrected chi connectivity index (χ3v) is 6.18. The number of hydrogen-bond acceptors (Lipinski definition) is 5. The maximum Gasteiger partial charge on any atom is 0.311 e. The van der Waals surface area contributed by atoms with Crippen molar-refractivity contribution in [1.82, 2.24) is 15.0 Å². The minimum atomic E-state index is -0.943. The van der Waals surface area contributed by atoms with E-state index < -0.39 is 11.4 Å². The molecule has 1 aliphatic rings. The SMILES string of the molecule is C=C/C=C(\C=C)C(=NCC1(C(=O)O)CCN(c2ncnc3[nH]ccc23)CC1)c1ccccc1. The van der Waals surface area contributed by atoms with Gasteiger partial charge in [-0.05, 0) is 24.5 Å². The highest BCUT2D eigenvalue weighted by atomic mass is 16.4. The van der Waals surface area contributed by atoms with Crippen LogP contribution in [0.2, 0.25) is 0 Å². The van der Waals surface area contributed by atoms with E-state index >= 15 is 0 Å². The van der Waals surface area contributed by atoms with Gasteiger partial charge < -0.3 is 15.0 Å². The van der Waals surface area contributed by atoms with E-state index in [0.717, 1.165) is 33.7 Å². The van der Waals surface area contributed by atoms with Gasteiger partial charge in [-0.25, -0.2) is 9.97 Å². The van der Waals surface area contributed by atoms with Gasteiger partial charge in [0.2, 0.25) is 0 Å². The van der Waals surface area contributed by atoms with E-state index in [2.05, 4.69) is 33.0 Å². The van der Waals surface area contributed by atoms with Crippen LogP contribution >= 0.6 is 0 Å². The van der Waals surface area contributed by atoms with E-state index in [9.17, 15) is 9.90 Å². The molecule has 4 rings (SSSR count). The second kappa shape index (κ2) is 9.65. The lowest BCUT2D eigenvalue weighted by atomic mass is 9.78. The van der Waals surface area contributed by atoms with Gasteiger partial charge in [-0.1, -0.05) is 61.7 Å². The summed E-state index contributed by atoms with van der Waals surface area (Å²) in [6.45, 7) is 9.03. The van der Waals surface area contributed by atoms with Crippen molar-refractivity contribution >= 4 is 28.5 Å². The first kappa shape index (κ1) is 22.2. The van der Waals surface area contributed by atoms with Gasteiger partial charge >= 0.3 is 5.97 Å². The Morgan fingerprint density at radius 3 is 2.61 bits per heavy atom. The summed E-state index contributed by atoms with van der Waals surface area (Å²) in [5, 5.41) is 11.1. The minimum absolute atomic E-state index is 0.187. The molecule has 2 aromatic heterocycles. The number of carbonyl (C=O) groups is 1. The Bertz CT molecular complexity index is 1220. The summed E-state index contributed by atoms with van der Waals surface area (Å²) in [6, 6.07) is 11.7. The van der Waals surface area contributed by atoms with Crippen molar-refractivity contribution in [2.45, 2.75) is 12.8 Å². The number of carboxylic acid groups (broad SMARTS) is 1. The molecule has 7 heteroatoms. The van der Waals surface area contributed by atoms with Crippen LogP contribution in [0, 0.1) is 5.41 Å². The fourth-order valence-corrected chi connectivity index (χ4v) is 4.24. The highest BCUT2D eigenvalue weighted by Gasteiger charge is 2.42. The number of carboxylic acids is 1. The first-order chi connectivity index (χ1) is 16.1. The van der Waals surface area contributed by atoms with Crippen molar-refractivity contribution < 1.29 is 9.90 Å². The lowest BCUT2D eigenvalue weighted by Crippen LogP contribution is -2.46. The van der Waals surface area contributed by atoms with Crippen LogP contribution in [0.5, 0.6) is 0 Å². The number of fused-ring (bicyclic) bond motifs is 1. The molecule has 1 aliphatic heterocycles. The zero-order valence-electron chi connectivity index (χ0n) is 18.4. The third-order valence-electron chi connectivity index (χ3n) is 6.18. The smallest absolute Gasteiger partial charge is 0.311 e. The number of anilines is 1. The molecule has 0 atom stereocenters. The molecule has 33 heavy (non-hydrogen) atoms. The molecule has 0 spiro atoms. The average molecular weight is 442 g/mol. The van der Waals surface area contributed by atoms with E-state index in [0.29, 0.717) is 25.9 Å². The number of aliphatic imine (C=N–C) groups is 1. The Balaban J connectivity index is 1.60. The van der Waals surface area contributed by atoms with Crippen molar-refractivity contribution in [3.05, 3.63) is 91.4 Å². The van der Waals surface area contributed by atoms with Crippen LogP contribution in [0.4, 0.5) is 5.82 Å². The van der Waals surface area contributed by atoms with Gasteiger partial charge in [-0.2, -0.15) is 0 Å². The van der Waals surface area contributed by atoms with Crippen LogP contribution in [0.25, 0.3) is 11.0 Å². The standard InChI is InChI=1S/C26H27N5O2/c1-3-8-19(4-2)22(20-9-6-5-7-10-20)28-17-26(25(32)33)12-15-31(16-13-26)24-21-11-14-27-23(21)29-18-30-24/h3-11,14,18H,1-2,12-13,15-17H2,(H,32,33)(H,27,29,30)/b19-8+,28-22?. The van der Waals surface area contributed by atoms with Crippen molar-refractivity contribution in [3.8, 4) is 0 Å². The van der Waals surface area contributed by atoms with Crippen LogP contribution < -0.4 is 4.90 Å². The molecule has 1 saturated heterocycles. The van der Waals surface area contributed by atoms with E-state index in [-0.39, 0.29) is 6.54 Å². The first-order valence-corrected chi connectivity index (χ1v) is 10.9. The van der Waals surface area contributed by atoms with E-state index in [1.807, 2.05) is 48.7 Å². The Labute approximate surface area is 192 Å². The summed E-state index contributed by atoms with van der Waals surface area (Å²) in [5.41, 5.74) is 2.28. The molecule has 2 N–H and O–H groups in total. The number of benzene rings is 1. The summed E-state index contributed by atoms with van der Waals surface area (Å²) in [5.74, 6) is 0.0113. The van der Waals surface area contributed by atoms with Crippen LogP contribution in [0.1, 0.15) is 18.4 Å². The maximum atomic E-state index is 12.4. The van der Waals surface area contributed by atoms with Gasteiger partial charge in [-0.15, -0.1) is 0 Å². The zero-order valence-corrected chi connectivity index (χ0v) is 18.4. The molecule has 3 aromatic rings. The summed E-state index contributed by atoms with van der Waals surface area (Å²) >= 11 is 0. The lowest BCUT2D eigenvalue weighted by molar-refractivity contribution is -0.149. The Morgan fingerprint density at radius 1 is 1.18 bits per heavy atom. The summed E-state index contributed by atoms with van der Waals surface area (Å²) in [6.07, 6.45) is 9.56. The average Bonchev–Trinajstić information content (AvgIpc) is 3.33. The summed E-state index contributed by atoms with van der Waals surface area (Å²) in [4.78, 5) is 31.2. The number of nitrogens with one attached hydrogen (secondary N) is 1. The quantitative estimate of drug-likeness (QED) is 0.399. The molecule has 7 nitrogen and oxygen atoms in total. The predicted octanol–water partition coefficient (Wildman–Crippen LogP) is 4.42. The number of hydrogen-bond donors (Lipinski definition) is 2. The normalized spacial score (nSPS) is 16.5. The van der Waals surface area contributed by atoms with Gasteiger partial charge in [0.1, 0.15) is 17.8 Å². The number of rotatable bonds is 8. The molecule has 168 valence electrons. The number of H-pyrrole nitrogens is 1. The third kappa shape index (κ3) is 4.48. The Hall–Kier alpha value is -4.00. The molecule has 0 unspecified atom stereocenters. The lowest BCUT2D eigenvalue weighted by Gasteiger charge is -2.38. The minimum Gasteiger partial charge on any atom is -0.481 e. The molecule has 1 fully saturated rings. The topological polar surface area (TPSA) is 94.5 Å². The molecule has 1 aromatic carbocycles. The molecule has 0 amide bonds. The van der Waals surface area contributed by atoms with Crippen molar-refractivity contribution in [1.29, 1.82) is 0 Å². The number of nitrogens with zero attached hydrogens (tertiary/aromatic N) is 4. The number of aromatic amines is 1. The van der Waals surface area contributed by atoms with Gasteiger partial charge in [0, 0.05) is 24.8 Å². The van der Waals surface area contributed by atoms with E-state index in [4.69, 9.17) is 4.99 Å². The van der Waals surface area contributed by atoms with E-state index in [1.54, 1.807) is 12.2 Å². The monoisotopic (exact) mass is 441 g/mol. The van der Waals surface area contributed by atoms with Crippen LogP contribution in [-0.4, -0.2) is 51.4 Å². The Morgan fingerprint density at radius 2 is 1.94 bits per heavy atom. The number of aromatic nitrogens is 3. The van der Waals surface area contributed by atoms with Crippen molar-refractivity contribution in [2.24, 2.45) is 10.4 Å². The first-order valence-electron chi connectivity index (χ1n) is 10.9. The molecule has 0 bridgehead atoms. The second-order valence-electron chi connectivity index (χ2n) is 8.10. The summed E-state index contributed by atoms with van der Waals surface area (Å²) in [7, 11) is 0. The zero-order chi connectivity index (χ0) is 23.3. The number of aliphatic carboxylic acids is 1. The molecule has 0 radical (unpaired) electrons. The highest BCUT2D eigenvalue weighted by molar-refractivity contribution is 6.14. The molecule has 0 saturated carbocycles. The predicted molar refractivity (Wildman–Crippen MR) is 132 cm³/mol. The second-order valence-corrected chi connectivity index (χ2v) is 8.10. The highest BCUT2D eigenvalue weighted by Crippen LogP contribution is 2.35. The van der Waals surface area contributed by atoms with Gasteiger partial charge in [0.05, 0.1) is 23.1 Å². The van der Waals surface area contributed by atoms with Crippen LogP contribution in [-0.2, 0) is 4.79 Å². The van der Waals surface area contributed by atoms with Crippen LogP contribution in [0.15, 0.2) is 90.9 Å². The summed E-state index contributed by atoms with van der Waals surface area (Å²) < 4.78 is 0. The van der Waals surface area contributed by atoms with Gasteiger partial charge in [0.15, 0.2) is 0 Å². The fraction of sp³-hybridized carbons (Fsp3) is 0.231. The fourth-order valence-electron chi connectivity index (χ4n) is 4.24. The molecule has 3 heterocycles. The number of allylic oxidation sites excluding steroid dienone is 4. The maximum absolute atomic E-state index is 12.4. The van der Waals surface area contributed by atoms with Crippen molar-refractivity contribution in [3.63, 3.8) is 0 Å².